The van der Waals surface area contributed by atoms with E-state index in [1.165, 1.54) is 13.8 Å². The lowest BCUT2D eigenvalue weighted by Gasteiger charge is -2.05. The molecule has 0 amide bonds. The minimum atomic E-state index is -0.694. The van der Waals surface area contributed by atoms with Crippen molar-refractivity contribution in [1.29, 1.82) is 0 Å². The molecule has 16 heavy (non-hydrogen) atoms. The van der Waals surface area contributed by atoms with Gasteiger partial charge in [-0.15, -0.1) is 0 Å². The van der Waals surface area contributed by atoms with Crippen LogP contribution in [0.25, 0.3) is 0 Å². The highest BCUT2D eigenvalue weighted by atomic mass is 16.5. The summed E-state index contributed by atoms with van der Waals surface area (Å²) in [6, 6.07) is 0. The zero-order valence-electron chi connectivity index (χ0n) is 9.58. The molecule has 0 rings (SSSR count). The van der Waals surface area contributed by atoms with E-state index in [2.05, 4.69) is 11.3 Å². The predicted molar refractivity (Wildman–Crippen MR) is 56.6 cm³/mol. The van der Waals surface area contributed by atoms with Gasteiger partial charge < -0.3 is 9.47 Å². The van der Waals surface area contributed by atoms with Gasteiger partial charge in [0.05, 0.1) is 18.8 Å². The molecule has 0 unspecified atom stereocenters. The third kappa shape index (κ3) is 6.75. The summed E-state index contributed by atoms with van der Waals surface area (Å²) in [5.41, 5.74) is -0.153. The summed E-state index contributed by atoms with van der Waals surface area (Å²) in [6.45, 7) is 6.38. The van der Waals surface area contributed by atoms with Gasteiger partial charge in [-0.3, -0.25) is 9.59 Å². The number of hydrogen-bond acceptors (Lipinski definition) is 5. The van der Waals surface area contributed by atoms with E-state index in [1.807, 2.05) is 0 Å². The van der Waals surface area contributed by atoms with Crippen LogP contribution in [0.15, 0.2) is 12.2 Å². The Balaban J connectivity index is 3.52. The van der Waals surface area contributed by atoms with Crippen molar-refractivity contribution in [1.82, 2.24) is 0 Å². The molecular formula is C11H16O5. The second-order valence-corrected chi connectivity index (χ2v) is 3.22. The molecule has 90 valence electrons. The fraction of sp³-hybridized carbons (Fsp3) is 0.545. The minimum absolute atomic E-state index is 0.153. The number of esters is 2. The molecule has 0 heterocycles. The van der Waals surface area contributed by atoms with Gasteiger partial charge >= 0.3 is 11.9 Å². The fourth-order valence-corrected chi connectivity index (χ4v) is 0.816. The van der Waals surface area contributed by atoms with Crippen molar-refractivity contribution >= 4 is 17.7 Å². The maximum absolute atomic E-state index is 11.1. The first kappa shape index (κ1) is 14.3. The van der Waals surface area contributed by atoms with Crippen LogP contribution in [0.5, 0.6) is 0 Å². The highest BCUT2D eigenvalue weighted by molar-refractivity contribution is 6.15. The van der Waals surface area contributed by atoms with Crippen molar-refractivity contribution in [2.45, 2.75) is 26.7 Å². The zero-order chi connectivity index (χ0) is 12.6. The molecule has 5 nitrogen and oxygen atoms in total. The van der Waals surface area contributed by atoms with Crippen molar-refractivity contribution in [3.8, 4) is 0 Å². The highest BCUT2D eigenvalue weighted by Crippen LogP contribution is 1.98. The van der Waals surface area contributed by atoms with Crippen LogP contribution in [0.3, 0.4) is 0 Å². The van der Waals surface area contributed by atoms with E-state index in [4.69, 9.17) is 4.74 Å². The first-order valence-electron chi connectivity index (χ1n) is 4.95. The molecule has 0 bridgehead atoms. The molecule has 0 aliphatic heterocycles. The van der Waals surface area contributed by atoms with Crippen LogP contribution in [0.4, 0.5) is 0 Å². The average Bonchev–Trinajstić information content (AvgIpc) is 2.21. The first-order valence-corrected chi connectivity index (χ1v) is 4.95. The van der Waals surface area contributed by atoms with Crippen LogP contribution in [0.1, 0.15) is 26.7 Å². The monoisotopic (exact) mass is 228 g/mol. The number of hydrogen-bond donors (Lipinski definition) is 0. The number of carbonyl (C=O) groups is 3. The quantitative estimate of drug-likeness (QED) is 0.214. The summed E-state index contributed by atoms with van der Waals surface area (Å²) < 4.78 is 9.46. The first-order chi connectivity index (χ1) is 7.45. The topological polar surface area (TPSA) is 69.7 Å². The van der Waals surface area contributed by atoms with Crippen molar-refractivity contribution in [2.75, 3.05) is 13.2 Å². The number of Topliss-reactive ketones (excluding diaryl/α,β-unsaturated/α-hetero) is 1. The molecule has 0 aromatic heterocycles. The van der Waals surface area contributed by atoms with E-state index in [0.717, 1.165) is 0 Å². The summed E-state index contributed by atoms with van der Waals surface area (Å²) in [5, 5.41) is 0. The lowest BCUT2D eigenvalue weighted by molar-refractivity contribution is -0.143. The molecule has 5 heteroatoms. The van der Waals surface area contributed by atoms with Crippen molar-refractivity contribution in [3.63, 3.8) is 0 Å². The summed E-state index contributed by atoms with van der Waals surface area (Å²) in [6.07, 6.45) is 1.18. The Morgan fingerprint density at radius 2 is 1.50 bits per heavy atom. The van der Waals surface area contributed by atoms with E-state index in [-0.39, 0.29) is 18.1 Å². The number of carbonyl (C=O) groups excluding carboxylic acids is 3. The predicted octanol–water partition coefficient (Wildman–Crippen LogP) is 1.02. The summed E-state index contributed by atoms with van der Waals surface area (Å²) in [4.78, 5) is 32.2. The molecule has 0 saturated carbocycles. The normalized spacial score (nSPS) is 9.38. The molecule has 0 aromatic carbocycles. The maximum atomic E-state index is 11.1. The smallest absolute Gasteiger partial charge is 0.341 e. The van der Waals surface area contributed by atoms with E-state index in [1.54, 1.807) is 0 Å². The molecule has 0 saturated heterocycles. The second kappa shape index (κ2) is 7.62. The SMILES string of the molecule is C=C(C(C)=O)C(=O)OCCCCOC(C)=O. The van der Waals surface area contributed by atoms with Gasteiger partial charge in [-0.25, -0.2) is 4.79 Å². The number of rotatable bonds is 7. The maximum Gasteiger partial charge on any atom is 0.341 e. The van der Waals surface area contributed by atoms with Crippen LogP contribution in [-0.2, 0) is 23.9 Å². The van der Waals surface area contributed by atoms with Gasteiger partial charge in [0, 0.05) is 6.92 Å². The molecule has 0 aliphatic rings. The lowest BCUT2D eigenvalue weighted by Crippen LogP contribution is -2.13. The summed E-state index contributed by atoms with van der Waals surface area (Å²) >= 11 is 0. The summed E-state index contributed by atoms with van der Waals surface area (Å²) in [5.74, 6) is -1.42. The third-order valence-corrected chi connectivity index (χ3v) is 1.75. The minimum Gasteiger partial charge on any atom is -0.466 e. The Morgan fingerprint density at radius 1 is 1.00 bits per heavy atom. The largest absolute Gasteiger partial charge is 0.466 e. The molecule has 0 aliphatic carbocycles. The average molecular weight is 228 g/mol. The van der Waals surface area contributed by atoms with Gasteiger partial charge in [0.1, 0.15) is 0 Å². The van der Waals surface area contributed by atoms with Crippen LogP contribution >= 0.6 is 0 Å². The van der Waals surface area contributed by atoms with Crippen molar-refractivity contribution in [3.05, 3.63) is 12.2 Å². The van der Waals surface area contributed by atoms with Crippen LogP contribution in [0.2, 0.25) is 0 Å². The number of ether oxygens (including phenoxy) is 2. The number of ketones is 1. The lowest BCUT2D eigenvalue weighted by atomic mass is 10.2. The Kier molecular flexibility index (Phi) is 6.83. The van der Waals surface area contributed by atoms with Gasteiger partial charge in [0.15, 0.2) is 5.78 Å². The van der Waals surface area contributed by atoms with Crippen molar-refractivity contribution in [2.24, 2.45) is 0 Å². The van der Waals surface area contributed by atoms with Crippen LogP contribution in [0, 0.1) is 0 Å². The van der Waals surface area contributed by atoms with Gasteiger partial charge in [0.2, 0.25) is 0 Å². The second-order valence-electron chi connectivity index (χ2n) is 3.22. The molecule has 0 spiro atoms. The van der Waals surface area contributed by atoms with E-state index in [9.17, 15) is 14.4 Å². The third-order valence-electron chi connectivity index (χ3n) is 1.75. The Bertz CT molecular complexity index is 293. The van der Waals surface area contributed by atoms with E-state index in [0.29, 0.717) is 19.4 Å². The molecular weight excluding hydrogens is 212 g/mol. The standard InChI is InChI=1S/C11H16O5/c1-8(9(2)12)11(14)16-7-5-4-6-15-10(3)13/h1,4-7H2,2-3H3. The highest BCUT2D eigenvalue weighted by Gasteiger charge is 2.12. The summed E-state index contributed by atoms with van der Waals surface area (Å²) in [7, 11) is 0. The van der Waals surface area contributed by atoms with Crippen molar-refractivity contribution < 1.29 is 23.9 Å². The fourth-order valence-electron chi connectivity index (χ4n) is 0.816. The van der Waals surface area contributed by atoms with E-state index < -0.39 is 11.8 Å². The number of unbranched alkanes of at least 4 members (excludes halogenated alkanes) is 1. The van der Waals surface area contributed by atoms with Gasteiger partial charge in [-0.1, -0.05) is 6.58 Å². The molecule has 0 N–H and O–H groups in total. The molecule has 0 radical (unpaired) electrons. The Hall–Kier alpha value is -1.65. The Labute approximate surface area is 94.4 Å². The van der Waals surface area contributed by atoms with Gasteiger partial charge in [-0.2, -0.15) is 0 Å². The van der Waals surface area contributed by atoms with E-state index >= 15 is 0 Å². The van der Waals surface area contributed by atoms with Crippen LogP contribution in [-0.4, -0.2) is 30.9 Å². The van der Waals surface area contributed by atoms with Crippen LogP contribution < -0.4 is 0 Å². The molecule has 0 atom stereocenters. The molecule has 0 aromatic rings. The van der Waals surface area contributed by atoms with Gasteiger partial charge in [-0.05, 0) is 19.8 Å². The zero-order valence-corrected chi connectivity index (χ0v) is 9.58. The Morgan fingerprint density at radius 3 is 1.94 bits per heavy atom. The molecule has 0 fully saturated rings. The van der Waals surface area contributed by atoms with Gasteiger partial charge in [0.25, 0.3) is 0 Å².